The van der Waals surface area contributed by atoms with Crippen LogP contribution in [0.1, 0.15) is 37.3 Å². The highest BCUT2D eigenvalue weighted by Gasteiger charge is 2.35. The third-order valence-electron chi connectivity index (χ3n) is 5.04. The second kappa shape index (κ2) is 10.5. The molecule has 8 heteroatoms. The fourth-order valence-electron chi connectivity index (χ4n) is 3.31. The zero-order chi connectivity index (χ0) is 23.2. The van der Waals surface area contributed by atoms with E-state index in [0.717, 1.165) is 41.2 Å². The minimum atomic E-state index is -0.417. The number of nitrogens with zero attached hydrogens (tertiary/aromatic N) is 3. The van der Waals surface area contributed by atoms with E-state index in [-0.39, 0.29) is 11.4 Å². The number of amidine groups is 2. The van der Waals surface area contributed by atoms with Crippen molar-refractivity contribution in [3.63, 3.8) is 0 Å². The number of hydrazone groups is 1. The van der Waals surface area contributed by atoms with Gasteiger partial charge in [0.1, 0.15) is 29.8 Å². The summed E-state index contributed by atoms with van der Waals surface area (Å²) in [5.41, 5.74) is 2.16. The maximum atomic E-state index is 12.5. The van der Waals surface area contributed by atoms with Crippen LogP contribution in [0.4, 0.5) is 0 Å². The zero-order valence-electron chi connectivity index (χ0n) is 18.7. The SMILES string of the molecule is CCCCC1=NN2C(=N)C(=Cc3ccc(OCCOc4cccc(C)c4)cc3)C(=O)N=C2S1. The van der Waals surface area contributed by atoms with E-state index >= 15 is 0 Å². The third-order valence-corrected chi connectivity index (χ3v) is 6.01. The van der Waals surface area contributed by atoms with E-state index < -0.39 is 5.91 Å². The molecule has 1 amide bonds. The van der Waals surface area contributed by atoms with E-state index in [2.05, 4.69) is 17.0 Å². The van der Waals surface area contributed by atoms with Crippen LogP contribution < -0.4 is 9.47 Å². The van der Waals surface area contributed by atoms with Gasteiger partial charge in [-0.25, -0.2) is 0 Å². The van der Waals surface area contributed by atoms with Gasteiger partial charge in [0.15, 0.2) is 5.84 Å². The fourth-order valence-corrected chi connectivity index (χ4v) is 4.24. The normalized spacial score (nSPS) is 16.5. The van der Waals surface area contributed by atoms with Crippen molar-refractivity contribution in [3.05, 3.63) is 65.2 Å². The van der Waals surface area contributed by atoms with Crippen molar-refractivity contribution < 1.29 is 14.3 Å². The van der Waals surface area contributed by atoms with Gasteiger partial charge in [0.05, 0.1) is 5.57 Å². The van der Waals surface area contributed by atoms with Crippen molar-refractivity contribution in [1.29, 1.82) is 5.41 Å². The molecule has 0 atom stereocenters. The summed E-state index contributed by atoms with van der Waals surface area (Å²) in [6.07, 6.45) is 4.57. The highest BCUT2D eigenvalue weighted by Crippen LogP contribution is 2.30. The van der Waals surface area contributed by atoms with E-state index in [0.29, 0.717) is 24.1 Å². The lowest BCUT2D eigenvalue weighted by Crippen LogP contribution is -2.35. The molecule has 2 aliphatic rings. The van der Waals surface area contributed by atoms with E-state index in [9.17, 15) is 4.79 Å². The molecule has 0 unspecified atom stereocenters. The van der Waals surface area contributed by atoms with Crippen molar-refractivity contribution in [2.75, 3.05) is 13.2 Å². The van der Waals surface area contributed by atoms with E-state index in [1.54, 1.807) is 6.08 Å². The Morgan fingerprint density at radius 2 is 1.85 bits per heavy atom. The van der Waals surface area contributed by atoms with Crippen molar-refractivity contribution in [2.24, 2.45) is 10.1 Å². The van der Waals surface area contributed by atoms with Gasteiger partial charge in [-0.2, -0.15) is 15.1 Å². The van der Waals surface area contributed by atoms with Gasteiger partial charge in [-0.05, 0) is 73.0 Å². The summed E-state index contributed by atoms with van der Waals surface area (Å²) in [4.78, 5) is 16.7. The number of aliphatic imine (C=N–C) groups is 1. The van der Waals surface area contributed by atoms with Gasteiger partial charge in [0, 0.05) is 0 Å². The number of unbranched alkanes of at least 4 members (excludes halogenated alkanes) is 1. The molecule has 2 aliphatic heterocycles. The lowest BCUT2D eigenvalue weighted by atomic mass is 10.1. The topological polar surface area (TPSA) is 87.3 Å². The Labute approximate surface area is 197 Å². The number of fused-ring (bicyclic) bond motifs is 1. The van der Waals surface area contributed by atoms with Crippen LogP contribution in [0.5, 0.6) is 11.5 Å². The quantitative estimate of drug-likeness (QED) is 0.406. The van der Waals surface area contributed by atoms with Crippen LogP contribution in [0.15, 0.2) is 64.2 Å². The maximum Gasteiger partial charge on any atom is 0.283 e. The van der Waals surface area contributed by atoms with Gasteiger partial charge < -0.3 is 9.47 Å². The first-order valence-electron chi connectivity index (χ1n) is 10.9. The number of rotatable bonds is 9. The summed E-state index contributed by atoms with van der Waals surface area (Å²) in [5, 5.41) is 15.7. The summed E-state index contributed by atoms with van der Waals surface area (Å²) in [6, 6.07) is 15.2. The standard InChI is InChI=1S/C25H26N4O3S/c1-3-4-8-22-28-29-23(26)21(24(30)27-25(29)33-22)16-18-9-11-19(12-10-18)31-13-14-32-20-7-5-6-17(2)15-20/h5-7,9-12,15-16,26H,3-4,8,13-14H2,1-2H3. The molecular weight excluding hydrogens is 436 g/mol. The van der Waals surface area contributed by atoms with Crippen LogP contribution in [0.25, 0.3) is 6.08 Å². The minimum Gasteiger partial charge on any atom is -0.490 e. The largest absolute Gasteiger partial charge is 0.490 e. The van der Waals surface area contributed by atoms with Crippen LogP contribution in [0, 0.1) is 12.3 Å². The number of hydrogen-bond acceptors (Lipinski definition) is 6. The Morgan fingerprint density at radius 1 is 1.09 bits per heavy atom. The number of thioether (sulfide) groups is 1. The van der Waals surface area contributed by atoms with Gasteiger partial charge in [-0.15, -0.1) is 0 Å². The highest BCUT2D eigenvalue weighted by atomic mass is 32.2. The Bertz CT molecular complexity index is 1140. The minimum absolute atomic E-state index is 0.0534. The predicted molar refractivity (Wildman–Crippen MR) is 133 cm³/mol. The van der Waals surface area contributed by atoms with Gasteiger partial charge in [-0.1, -0.05) is 37.6 Å². The van der Waals surface area contributed by atoms with Crippen LogP contribution in [0.3, 0.4) is 0 Å². The van der Waals surface area contributed by atoms with E-state index in [4.69, 9.17) is 14.9 Å². The molecule has 2 heterocycles. The van der Waals surface area contributed by atoms with Gasteiger partial charge in [0.2, 0.25) is 5.17 Å². The lowest BCUT2D eigenvalue weighted by Gasteiger charge is -2.20. The number of nitrogens with one attached hydrogen (secondary N) is 1. The first-order valence-corrected chi connectivity index (χ1v) is 11.8. The summed E-state index contributed by atoms with van der Waals surface area (Å²) >= 11 is 1.37. The molecule has 0 bridgehead atoms. The van der Waals surface area contributed by atoms with Gasteiger partial charge >= 0.3 is 0 Å². The van der Waals surface area contributed by atoms with Crippen LogP contribution in [0.2, 0.25) is 0 Å². The molecule has 170 valence electrons. The first-order chi connectivity index (χ1) is 16.0. The number of hydrogen-bond donors (Lipinski definition) is 1. The molecule has 2 aromatic rings. The third kappa shape index (κ3) is 5.70. The summed E-state index contributed by atoms with van der Waals surface area (Å²) in [6.45, 7) is 5.00. The van der Waals surface area contributed by atoms with Crippen molar-refractivity contribution in [2.45, 2.75) is 33.1 Å². The van der Waals surface area contributed by atoms with Crippen LogP contribution >= 0.6 is 11.8 Å². The molecule has 0 saturated heterocycles. The number of ether oxygens (including phenoxy) is 2. The molecule has 0 spiro atoms. The molecule has 0 aliphatic carbocycles. The Hall–Kier alpha value is -3.39. The number of amides is 1. The van der Waals surface area contributed by atoms with Crippen molar-refractivity contribution in [1.82, 2.24) is 5.01 Å². The molecule has 0 radical (unpaired) electrons. The molecule has 4 rings (SSSR count). The maximum absolute atomic E-state index is 12.5. The van der Waals surface area contributed by atoms with Crippen molar-refractivity contribution in [3.8, 4) is 11.5 Å². The Morgan fingerprint density at radius 3 is 2.58 bits per heavy atom. The van der Waals surface area contributed by atoms with Crippen molar-refractivity contribution >= 4 is 39.8 Å². The summed E-state index contributed by atoms with van der Waals surface area (Å²) < 4.78 is 11.4. The number of carbonyl (C=O) groups is 1. The predicted octanol–water partition coefficient (Wildman–Crippen LogP) is 5.26. The Balaban J connectivity index is 1.35. The second-order valence-corrected chi connectivity index (χ2v) is 8.74. The first kappa shape index (κ1) is 22.8. The van der Waals surface area contributed by atoms with E-state index in [1.807, 2.05) is 55.5 Å². The number of aryl methyl sites for hydroxylation is 1. The molecule has 0 saturated carbocycles. The molecule has 2 aromatic carbocycles. The fraction of sp³-hybridized carbons (Fsp3) is 0.280. The van der Waals surface area contributed by atoms with Crippen LogP contribution in [-0.4, -0.2) is 40.2 Å². The smallest absolute Gasteiger partial charge is 0.283 e. The number of benzene rings is 2. The lowest BCUT2D eigenvalue weighted by molar-refractivity contribution is -0.114. The molecule has 1 N–H and O–H groups in total. The highest BCUT2D eigenvalue weighted by molar-refractivity contribution is 8.26. The average Bonchev–Trinajstić information content (AvgIpc) is 3.22. The monoisotopic (exact) mass is 462 g/mol. The molecule has 7 nitrogen and oxygen atoms in total. The van der Waals surface area contributed by atoms with Gasteiger partial charge in [0.25, 0.3) is 5.91 Å². The average molecular weight is 463 g/mol. The zero-order valence-corrected chi connectivity index (χ0v) is 19.5. The van der Waals surface area contributed by atoms with Crippen LogP contribution in [-0.2, 0) is 4.79 Å². The molecule has 0 fully saturated rings. The van der Waals surface area contributed by atoms with Gasteiger partial charge in [-0.3, -0.25) is 10.2 Å². The molecular formula is C25H26N4O3S. The molecule has 0 aromatic heterocycles. The van der Waals surface area contributed by atoms with E-state index in [1.165, 1.54) is 16.8 Å². The number of carbonyl (C=O) groups excluding carboxylic acids is 1. The molecule has 33 heavy (non-hydrogen) atoms. The summed E-state index contributed by atoms with van der Waals surface area (Å²) in [5.74, 6) is 1.16. The Kier molecular flexibility index (Phi) is 7.24. The summed E-state index contributed by atoms with van der Waals surface area (Å²) in [7, 11) is 0. The second-order valence-electron chi connectivity index (χ2n) is 7.70.